The van der Waals surface area contributed by atoms with E-state index >= 15 is 0 Å². The maximum atomic E-state index is 3.50. The Bertz CT molecular complexity index is 242. The molecule has 0 saturated carbocycles. The van der Waals surface area contributed by atoms with Gasteiger partial charge in [0.05, 0.1) is 0 Å². The Morgan fingerprint density at radius 1 is 1.05 bits per heavy atom. The Kier molecular flexibility index (Phi) is 8.13. The molecule has 1 aliphatic heterocycles. The maximum Gasteiger partial charge on any atom is 0.00103 e. The average Bonchev–Trinajstić information content (AvgIpc) is 2.58. The van der Waals surface area contributed by atoms with E-state index in [0.717, 1.165) is 5.92 Å². The lowest BCUT2D eigenvalue weighted by atomic mass is 9.77. The molecule has 0 amide bonds. The van der Waals surface area contributed by atoms with Crippen LogP contribution in [0.25, 0.3) is 0 Å². The van der Waals surface area contributed by atoms with Crippen LogP contribution in [0, 0.1) is 11.3 Å². The number of rotatable bonds is 7. The van der Waals surface area contributed by atoms with Gasteiger partial charge >= 0.3 is 0 Å². The molecular weight excluding hydrogens is 244 g/mol. The summed E-state index contributed by atoms with van der Waals surface area (Å²) in [4.78, 5) is 2.71. The summed E-state index contributed by atoms with van der Waals surface area (Å²) in [6.07, 6.45) is 8.31. The van der Waals surface area contributed by atoms with Crippen LogP contribution in [-0.2, 0) is 0 Å². The minimum Gasteiger partial charge on any atom is -0.315 e. The lowest BCUT2D eigenvalue weighted by molar-refractivity contribution is 0.207. The molecule has 0 bridgehead atoms. The first-order valence-corrected chi connectivity index (χ1v) is 8.85. The highest BCUT2D eigenvalue weighted by atomic mass is 15.1. The van der Waals surface area contributed by atoms with Gasteiger partial charge in [0.15, 0.2) is 0 Å². The minimum atomic E-state index is 0.499. The minimum absolute atomic E-state index is 0.499. The van der Waals surface area contributed by atoms with E-state index in [1.54, 1.807) is 0 Å². The van der Waals surface area contributed by atoms with E-state index in [0.29, 0.717) is 11.5 Å². The van der Waals surface area contributed by atoms with Gasteiger partial charge in [0.1, 0.15) is 0 Å². The fourth-order valence-electron chi connectivity index (χ4n) is 3.27. The molecule has 1 saturated heterocycles. The van der Waals surface area contributed by atoms with Crippen molar-refractivity contribution in [3.63, 3.8) is 0 Å². The van der Waals surface area contributed by atoms with Crippen molar-refractivity contribution in [1.29, 1.82) is 0 Å². The Morgan fingerprint density at radius 3 is 2.45 bits per heavy atom. The molecule has 1 rings (SSSR count). The van der Waals surface area contributed by atoms with Crippen LogP contribution in [0.1, 0.15) is 73.1 Å². The zero-order chi connectivity index (χ0) is 15.0. The zero-order valence-electron chi connectivity index (χ0n) is 14.7. The highest BCUT2D eigenvalue weighted by molar-refractivity contribution is 4.78. The number of nitrogens with one attached hydrogen (secondary N) is 1. The predicted molar refractivity (Wildman–Crippen MR) is 90.2 cm³/mol. The molecule has 1 fully saturated rings. The van der Waals surface area contributed by atoms with Gasteiger partial charge in [0.25, 0.3) is 0 Å². The molecule has 120 valence electrons. The SMILES string of the molecule is CC(C)NCCCCCN1CCCC(C(C)(C)C)CC1. The van der Waals surface area contributed by atoms with Crippen molar-refractivity contribution in [2.75, 3.05) is 26.2 Å². The Labute approximate surface area is 127 Å². The fraction of sp³-hybridized carbons (Fsp3) is 1.00. The van der Waals surface area contributed by atoms with E-state index in [2.05, 4.69) is 44.8 Å². The first-order valence-electron chi connectivity index (χ1n) is 8.85. The van der Waals surface area contributed by atoms with Gasteiger partial charge in [-0.15, -0.1) is 0 Å². The van der Waals surface area contributed by atoms with Crippen LogP contribution >= 0.6 is 0 Å². The summed E-state index contributed by atoms with van der Waals surface area (Å²) < 4.78 is 0. The van der Waals surface area contributed by atoms with Gasteiger partial charge in [-0.05, 0) is 69.6 Å². The molecule has 1 unspecified atom stereocenters. The quantitative estimate of drug-likeness (QED) is 0.700. The summed E-state index contributed by atoms with van der Waals surface area (Å²) in [6.45, 7) is 16.8. The van der Waals surface area contributed by atoms with Crippen molar-refractivity contribution in [1.82, 2.24) is 10.2 Å². The Balaban J connectivity index is 2.10. The molecule has 1 aliphatic rings. The van der Waals surface area contributed by atoms with E-state index in [4.69, 9.17) is 0 Å². The molecule has 1 heterocycles. The molecule has 0 aromatic carbocycles. The smallest absolute Gasteiger partial charge is 0.00103 e. The van der Waals surface area contributed by atoms with Crippen molar-refractivity contribution in [2.24, 2.45) is 11.3 Å². The van der Waals surface area contributed by atoms with Crippen LogP contribution in [0.15, 0.2) is 0 Å². The molecule has 1 atom stereocenters. The van der Waals surface area contributed by atoms with Gasteiger partial charge in [-0.3, -0.25) is 0 Å². The van der Waals surface area contributed by atoms with Gasteiger partial charge in [-0.1, -0.05) is 41.0 Å². The number of hydrogen-bond donors (Lipinski definition) is 1. The average molecular weight is 283 g/mol. The van der Waals surface area contributed by atoms with Crippen molar-refractivity contribution < 1.29 is 0 Å². The number of nitrogens with zero attached hydrogens (tertiary/aromatic N) is 1. The molecule has 2 nitrogen and oxygen atoms in total. The summed E-state index contributed by atoms with van der Waals surface area (Å²) in [6, 6.07) is 0.634. The Morgan fingerprint density at radius 2 is 1.80 bits per heavy atom. The Hall–Kier alpha value is -0.0800. The molecule has 0 radical (unpaired) electrons. The van der Waals surface area contributed by atoms with Crippen LogP contribution < -0.4 is 5.32 Å². The summed E-state index contributed by atoms with van der Waals surface area (Å²) >= 11 is 0. The summed E-state index contributed by atoms with van der Waals surface area (Å²) in [5, 5.41) is 3.50. The van der Waals surface area contributed by atoms with Crippen LogP contribution in [-0.4, -0.2) is 37.1 Å². The molecule has 1 N–H and O–H groups in total. The molecule has 0 spiro atoms. The number of likely N-dealkylation sites (tertiary alicyclic amines) is 1. The summed E-state index contributed by atoms with van der Waals surface area (Å²) in [7, 11) is 0. The molecule has 2 heteroatoms. The van der Waals surface area contributed by atoms with Gasteiger partial charge in [-0.25, -0.2) is 0 Å². The summed E-state index contributed by atoms with van der Waals surface area (Å²) in [5.41, 5.74) is 0.499. The third kappa shape index (κ3) is 7.64. The van der Waals surface area contributed by atoms with Crippen molar-refractivity contribution in [3.8, 4) is 0 Å². The molecule has 20 heavy (non-hydrogen) atoms. The molecule has 0 aliphatic carbocycles. The standard InChI is InChI=1S/C18H38N2/c1-16(2)19-12-7-6-8-13-20-14-9-10-17(11-15-20)18(3,4)5/h16-17,19H,6-15H2,1-5H3. The van der Waals surface area contributed by atoms with Crippen LogP contribution in [0.4, 0.5) is 0 Å². The highest BCUT2D eigenvalue weighted by Gasteiger charge is 2.26. The molecular formula is C18H38N2. The number of hydrogen-bond acceptors (Lipinski definition) is 2. The van der Waals surface area contributed by atoms with Gasteiger partial charge in [0.2, 0.25) is 0 Å². The van der Waals surface area contributed by atoms with E-state index < -0.39 is 0 Å². The lowest BCUT2D eigenvalue weighted by Gasteiger charge is -2.29. The van der Waals surface area contributed by atoms with E-state index in [9.17, 15) is 0 Å². The van der Waals surface area contributed by atoms with Crippen LogP contribution in [0.2, 0.25) is 0 Å². The maximum absolute atomic E-state index is 3.50. The lowest BCUT2D eigenvalue weighted by Crippen LogP contribution is -2.27. The van der Waals surface area contributed by atoms with E-state index in [1.165, 1.54) is 64.7 Å². The van der Waals surface area contributed by atoms with Gasteiger partial charge < -0.3 is 10.2 Å². The highest BCUT2D eigenvalue weighted by Crippen LogP contribution is 2.34. The largest absolute Gasteiger partial charge is 0.315 e. The molecule has 0 aromatic heterocycles. The van der Waals surface area contributed by atoms with Crippen molar-refractivity contribution >= 4 is 0 Å². The third-order valence-electron chi connectivity index (χ3n) is 4.75. The van der Waals surface area contributed by atoms with Gasteiger partial charge in [0, 0.05) is 6.04 Å². The second kappa shape index (κ2) is 9.04. The van der Waals surface area contributed by atoms with E-state index in [-0.39, 0.29) is 0 Å². The van der Waals surface area contributed by atoms with Crippen LogP contribution in [0.5, 0.6) is 0 Å². The van der Waals surface area contributed by atoms with Crippen LogP contribution in [0.3, 0.4) is 0 Å². The van der Waals surface area contributed by atoms with Crippen molar-refractivity contribution in [3.05, 3.63) is 0 Å². The second-order valence-corrected chi connectivity index (χ2v) is 8.00. The third-order valence-corrected chi connectivity index (χ3v) is 4.75. The van der Waals surface area contributed by atoms with Gasteiger partial charge in [-0.2, -0.15) is 0 Å². The number of unbranched alkanes of at least 4 members (excludes halogenated alkanes) is 2. The molecule has 0 aromatic rings. The van der Waals surface area contributed by atoms with Crippen molar-refractivity contribution in [2.45, 2.75) is 79.2 Å². The summed E-state index contributed by atoms with van der Waals surface area (Å²) in [5.74, 6) is 0.919. The second-order valence-electron chi connectivity index (χ2n) is 8.00. The predicted octanol–water partition coefficient (Wildman–Crippen LogP) is 4.30. The van der Waals surface area contributed by atoms with E-state index in [1.807, 2.05) is 0 Å². The zero-order valence-corrected chi connectivity index (χ0v) is 14.7. The first-order chi connectivity index (χ1) is 9.39. The fourth-order valence-corrected chi connectivity index (χ4v) is 3.27. The topological polar surface area (TPSA) is 15.3 Å². The normalized spacial score (nSPS) is 22.2. The monoisotopic (exact) mass is 282 g/mol. The first kappa shape index (κ1) is 18.0.